The van der Waals surface area contributed by atoms with Crippen LogP contribution in [0.3, 0.4) is 0 Å². The van der Waals surface area contributed by atoms with Crippen LogP contribution in [0.1, 0.15) is 0 Å². The summed E-state index contributed by atoms with van der Waals surface area (Å²) in [5.74, 6) is 0. The average Bonchev–Trinajstić information content (AvgIpc) is 2.72. The van der Waals surface area contributed by atoms with Crippen LogP contribution in [0.4, 0.5) is 0 Å². The van der Waals surface area contributed by atoms with Gasteiger partial charge in [-0.05, 0) is 40.8 Å². The van der Waals surface area contributed by atoms with Crippen molar-refractivity contribution in [3.63, 3.8) is 0 Å². The number of pyridine rings is 1. The van der Waals surface area contributed by atoms with Crippen LogP contribution in [-0.4, -0.2) is 9.38 Å². The number of aromatic nitrogens is 2. The lowest BCUT2D eigenvalue weighted by molar-refractivity contribution is 1.18. The maximum absolute atomic E-state index is 4.63. The molecule has 84 valence electrons. The van der Waals surface area contributed by atoms with Gasteiger partial charge in [-0.15, -0.1) is 0 Å². The van der Waals surface area contributed by atoms with E-state index in [0.29, 0.717) is 0 Å². The molecule has 3 rings (SSSR count). The third-order valence-electron chi connectivity index (χ3n) is 2.57. The van der Waals surface area contributed by atoms with Crippen LogP contribution in [-0.2, 0) is 0 Å². The molecular weight excluding hydrogens is 391 g/mol. The van der Waals surface area contributed by atoms with E-state index in [1.54, 1.807) is 0 Å². The second-order valence-electron chi connectivity index (χ2n) is 3.72. The molecule has 0 aliphatic carbocycles. The SMILES string of the molecule is Brc1ccn2cc(-c3ccccc3I)nc2c1. The Labute approximate surface area is 121 Å². The van der Waals surface area contributed by atoms with E-state index >= 15 is 0 Å². The minimum atomic E-state index is 0.953. The Bertz CT molecular complexity index is 691. The molecular formula is C13H8BrIN2. The Hall–Kier alpha value is -0.880. The molecule has 3 aromatic rings. The Morgan fingerprint density at radius 1 is 1.18 bits per heavy atom. The minimum absolute atomic E-state index is 0.953. The molecule has 0 saturated heterocycles. The van der Waals surface area contributed by atoms with Crippen LogP contribution in [0.5, 0.6) is 0 Å². The molecule has 0 amide bonds. The fourth-order valence-corrected chi connectivity index (χ4v) is 2.74. The van der Waals surface area contributed by atoms with E-state index in [1.165, 1.54) is 9.13 Å². The molecule has 0 radical (unpaired) electrons. The molecule has 0 spiro atoms. The number of halogens is 2. The van der Waals surface area contributed by atoms with Crippen LogP contribution < -0.4 is 0 Å². The van der Waals surface area contributed by atoms with Crippen LogP contribution in [0.15, 0.2) is 53.3 Å². The van der Waals surface area contributed by atoms with Crippen LogP contribution in [0, 0.1) is 3.57 Å². The lowest BCUT2D eigenvalue weighted by atomic mass is 10.2. The van der Waals surface area contributed by atoms with Gasteiger partial charge in [-0.25, -0.2) is 4.98 Å². The van der Waals surface area contributed by atoms with Crippen molar-refractivity contribution < 1.29 is 0 Å². The maximum atomic E-state index is 4.63. The molecule has 0 bridgehead atoms. The highest BCUT2D eigenvalue weighted by Crippen LogP contribution is 2.25. The van der Waals surface area contributed by atoms with Crippen molar-refractivity contribution in [2.45, 2.75) is 0 Å². The largest absolute Gasteiger partial charge is 0.306 e. The quantitative estimate of drug-likeness (QED) is 0.556. The van der Waals surface area contributed by atoms with Gasteiger partial charge in [0.15, 0.2) is 0 Å². The summed E-state index contributed by atoms with van der Waals surface area (Å²) in [5.41, 5.74) is 3.13. The zero-order valence-corrected chi connectivity index (χ0v) is 12.5. The molecule has 0 atom stereocenters. The Balaban J connectivity index is 2.22. The van der Waals surface area contributed by atoms with Gasteiger partial charge in [0.2, 0.25) is 0 Å². The monoisotopic (exact) mass is 398 g/mol. The molecule has 2 heterocycles. The second-order valence-corrected chi connectivity index (χ2v) is 5.79. The molecule has 0 saturated carbocycles. The van der Waals surface area contributed by atoms with Gasteiger partial charge in [-0.1, -0.05) is 34.1 Å². The highest BCUT2D eigenvalue weighted by atomic mass is 127. The zero-order chi connectivity index (χ0) is 11.8. The van der Waals surface area contributed by atoms with E-state index in [0.717, 1.165) is 15.8 Å². The van der Waals surface area contributed by atoms with Gasteiger partial charge in [0.1, 0.15) is 5.65 Å². The highest BCUT2D eigenvalue weighted by Gasteiger charge is 2.07. The van der Waals surface area contributed by atoms with Crippen molar-refractivity contribution in [2.24, 2.45) is 0 Å². The average molecular weight is 399 g/mol. The summed E-state index contributed by atoms with van der Waals surface area (Å²) in [5, 5.41) is 0. The number of nitrogens with zero attached hydrogens (tertiary/aromatic N) is 2. The maximum Gasteiger partial charge on any atom is 0.138 e. The highest BCUT2D eigenvalue weighted by molar-refractivity contribution is 14.1. The topological polar surface area (TPSA) is 17.3 Å². The molecule has 0 aliphatic heterocycles. The first-order valence-electron chi connectivity index (χ1n) is 5.13. The van der Waals surface area contributed by atoms with Crippen LogP contribution in [0.2, 0.25) is 0 Å². The Morgan fingerprint density at radius 3 is 2.82 bits per heavy atom. The number of hydrogen-bond acceptors (Lipinski definition) is 1. The zero-order valence-electron chi connectivity index (χ0n) is 8.77. The molecule has 0 N–H and O–H groups in total. The summed E-state index contributed by atoms with van der Waals surface area (Å²) < 4.78 is 4.29. The van der Waals surface area contributed by atoms with Gasteiger partial charge in [0.05, 0.1) is 5.69 Å². The molecule has 0 unspecified atom stereocenters. The van der Waals surface area contributed by atoms with Gasteiger partial charge in [0, 0.05) is 26.0 Å². The smallest absolute Gasteiger partial charge is 0.138 e. The van der Waals surface area contributed by atoms with E-state index in [1.807, 2.05) is 34.9 Å². The lowest BCUT2D eigenvalue weighted by Gasteiger charge is -1.98. The molecule has 17 heavy (non-hydrogen) atoms. The predicted molar refractivity (Wildman–Crippen MR) is 81.0 cm³/mol. The first-order chi connectivity index (χ1) is 8.24. The van der Waals surface area contributed by atoms with Gasteiger partial charge in [0.25, 0.3) is 0 Å². The molecule has 0 fully saturated rings. The standard InChI is InChI=1S/C13H8BrIN2/c14-9-5-6-17-8-12(16-13(17)7-9)10-3-1-2-4-11(10)15/h1-8H. The van der Waals surface area contributed by atoms with Crippen molar-refractivity contribution in [1.29, 1.82) is 0 Å². The molecule has 0 aliphatic rings. The third kappa shape index (κ3) is 2.11. The summed E-state index contributed by atoms with van der Waals surface area (Å²) in [6, 6.07) is 12.3. The van der Waals surface area contributed by atoms with Crippen molar-refractivity contribution in [3.8, 4) is 11.3 Å². The summed E-state index contributed by atoms with van der Waals surface area (Å²) in [7, 11) is 0. The van der Waals surface area contributed by atoms with Gasteiger partial charge in [-0.3, -0.25) is 0 Å². The number of hydrogen-bond donors (Lipinski definition) is 0. The summed E-state index contributed by atoms with van der Waals surface area (Å²) in [4.78, 5) is 4.63. The van der Waals surface area contributed by atoms with Crippen molar-refractivity contribution in [1.82, 2.24) is 9.38 Å². The normalized spacial score (nSPS) is 10.9. The summed E-state index contributed by atoms with van der Waals surface area (Å²) in [6.07, 6.45) is 4.06. The van der Waals surface area contributed by atoms with Crippen molar-refractivity contribution in [2.75, 3.05) is 0 Å². The fraction of sp³-hybridized carbons (Fsp3) is 0. The van der Waals surface area contributed by atoms with E-state index in [4.69, 9.17) is 0 Å². The summed E-state index contributed by atoms with van der Waals surface area (Å²) in [6.45, 7) is 0. The van der Waals surface area contributed by atoms with Gasteiger partial charge in [-0.2, -0.15) is 0 Å². The summed E-state index contributed by atoms with van der Waals surface area (Å²) >= 11 is 5.79. The predicted octanol–water partition coefficient (Wildman–Crippen LogP) is 4.37. The van der Waals surface area contributed by atoms with Gasteiger partial charge >= 0.3 is 0 Å². The fourth-order valence-electron chi connectivity index (χ4n) is 1.76. The van der Waals surface area contributed by atoms with Crippen LogP contribution in [0.25, 0.3) is 16.9 Å². The minimum Gasteiger partial charge on any atom is -0.306 e. The van der Waals surface area contributed by atoms with E-state index in [2.05, 4.69) is 61.8 Å². The molecule has 2 aromatic heterocycles. The van der Waals surface area contributed by atoms with E-state index in [9.17, 15) is 0 Å². The van der Waals surface area contributed by atoms with E-state index < -0.39 is 0 Å². The number of imidazole rings is 1. The first-order valence-corrected chi connectivity index (χ1v) is 7.00. The van der Waals surface area contributed by atoms with Crippen molar-refractivity contribution >= 4 is 44.2 Å². The van der Waals surface area contributed by atoms with Crippen molar-refractivity contribution in [3.05, 3.63) is 56.8 Å². The second kappa shape index (κ2) is 4.42. The number of rotatable bonds is 1. The van der Waals surface area contributed by atoms with E-state index in [-0.39, 0.29) is 0 Å². The number of fused-ring (bicyclic) bond motifs is 1. The Morgan fingerprint density at radius 2 is 2.00 bits per heavy atom. The molecule has 2 nitrogen and oxygen atoms in total. The molecule has 1 aromatic carbocycles. The van der Waals surface area contributed by atoms with Gasteiger partial charge < -0.3 is 4.40 Å². The Kier molecular flexibility index (Phi) is 2.92. The first kappa shape index (κ1) is 11.2. The lowest BCUT2D eigenvalue weighted by Crippen LogP contribution is -1.80. The number of benzene rings is 1. The molecule has 4 heteroatoms. The van der Waals surface area contributed by atoms with Crippen LogP contribution >= 0.6 is 38.5 Å². The third-order valence-corrected chi connectivity index (χ3v) is 4.01.